The molecule has 0 saturated carbocycles. The lowest BCUT2D eigenvalue weighted by atomic mass is 10.3. The Balaban J connectivity index is 1.95. The highest BCUT2D eigenvalue weighted by Crippen LogP contribution is 2.29. The molecule has 0 amide bonds. The second kappa shape index (κ2) is 7.82. The first-order valence-corrected chi connectivity index (χ1v) is 8.66. The Kier molecular flexibility index (Phi) is 6.08. The van der Waals surface area contributed by atoms with Gasteiger partial charge in [0, 0.05) is 26.0 Å². The van der Waals surface area contributed by atoms with Gasteiger partial charge in [-0.25, -0.2) is 0 Å². The van der Waals surface area contributed by atoms with Crippen LogP contribution in [0.5, 0.6) is 0 Å². The van der Waals surface area contributed by atoms with Gasteiger partial charge in [0.15, 0.2) is 5.11 Å². The zero-order valence-electron chi connectivity index (χ0n) is 11.9. The molecule has 0 saturated heterocycles. The largest absolute Gasteiger partial charge is 0.360 e. The molecule has 0 radical (unpaired) electrons. The molecular weight excluding hydrogens is 364 g/mol. The van der Waals surface area contributed by atoms with E-state index in [2.05, 4.69) is 64.7 Å². The molecule has 0 aliphatic heterocycles. The van der Waals surface area contributed by atoms with Crippen molar-refractivity contribution >= 4 is 50.7 Å². The number of thiocarbonyl (C=S) groups is 1. The van der Waals surface area contributed by atoms with Crippen molar-refractivity contribution in [1.82, 2.24) is 5.32 Å². The van der Waals surface area contributed by atoms with Crippen LogP contribution in [-0.4, -0.2) is 11.2 Å². The van der Waals surface area contributed by atoms with Gasteiger partial charge in [-0.2, -0.15) is 0 Å². The number of halogens is 1. The molecule has 21 heavy (non-hydrogen) atoms. The topological polar surface area (TPSA) is 24.1 Å². The summed E-state index contributed by atoms with van der Waals surface area (Å²) < 4.78 is 1.09. The number of nitrogens with one attached hydrogen (secondary N) is 2. The molecule has 2 N–H and O–H groups in total. The van der Waals surface area contributed by atoms with Crippen molar-refractivity contribution in [3.8, 4) is 0 Å². The smallest absolute Gasteiger partial charge is 0.170 e. The van der Waals surface area contributed by atoms with Crippen LogP contribution in [0.15, 0.2) is 62.8 Å². The van der Waals surface area contributed by atoms with E-state index in [0.717, 1.165) is 10.2 Å². The Morgan fingerprint density at radius 2 is 1.52 bits per heavy atom. The van der Waals surface area contributed by atoms with Crippen LogP contribution in [0.1, 0.15) is 13.8 Å². The second-order valence-corrected chi connectivity index (χ2v) is 7.30. The van der Waals surface area contributed by atoms with Gasteiger partial charge in [-0.15, -0.1) is 0 Å². The zero-order valence-corrected chi connectivity index (χ0v) is 15.1. The van der Waals surface area contributed by atoms with Gasteiger partial charge in [0.1, 0.15) is 0 Å². The van der Waals surface area contributed by atoms with E-state index in [0.29, 0.717) is 11.2 Å². The lowest BCUT2D eigenvalue weighted by Crippen LogP contribution is -2.33. The summed E-state index contributed by atoms with van der Waals surface area (Å²) in [6.07, 6.45) is 0. The van der Waals surface area contributed by atoms with Gasteiger partial charge in [-0.05, 0) is 74.6 Å². The Bertz CT molecular complexity index is 595. The Labute approximate surface area is 143 Å². The fourth-order valence-corrected chi connectivity index (χ4v) is 3.11. The molecule has 0 heterocycles. The highest BCUT2D eigenvalue weighted by molar-refractivity contribution is 9.10. The SMILES string of the molecule is CC(C)NC(=S)Nc1ccc(Sc2ccc(Br)cc2)cc1. The van der Waals surface area contributed by atoms with Crippen LogP contribution in [0.4, 0.5) is 5.69 Å². The fraction of sp³-hybridized carbons (Fsp3) is 0.188. The van der Waals surface area contributed by atoms with Gasteiger partial charge in [0.25, 0.3) is 0 Å². The van der Waals surface area contributed by atoms with E-state index >= 15 is 0 Å². The number of hydrogen-bond donors (Lipinski definition) is 2. The van der Waals surface area contributed by atoms with Crippen LogP contribution in [0.2, 0.25) is 0 Å². The summed E-state index contributed by atoms with van der Waals surface area (Å²) >= 11 is 10.4. The van der Waals surface area contributed by atoms with Gasteiger partial charge in [0.2, 0.25) is 0 Å². The van der Waals surface area contributed by atoms with Gasteiger partial charge in [-0.1, -0.05) is 27.7 Å². The average Bonchev–Trinajstić information content (AvgIpc) is 2.42. The van der Waals surface area contributed by atoms with Crippen molar-refractivity contribution in [3.05, 3.63) is 53.0 Å². The molecule has 0 atom stereocenters. The van der Waals surface area contributed by atoms with Crippen LogP contribution in [0.3, 0.4) is 0 Å². The highest BCUT2D eigenvalue weighted by Gasteiger charge is 2.01. The number of rotatable bonds is 4. The number of hydrogen-bond acceptors (Lipinski definition) is 2. The Morgan fingerprint density at radius 1 is 1.00 bits per heavy atom. The van der Waals surface area contributed by atoms with Gasteiger partial charge in [0.05, 0.1) is 0 Å². The van der Waals surface area contributed by atoms with Crippen LogP contribution < -0.4 is 10.6 Å². The first-order chi connectivity index (χ1) is 10.0. The molecule has 0 spiro atoms. The summed E-state index contributed by atoms with van der Waals surface area (Å²) in [4.78, 5) is 2.42. The van der Waals surface area contributed by atoms with Crippen molar-refractivity contribution in [1.29, 1.82) is 0 Å². The summed E-state index contributed by atoms with van der Waals surface area (Å²) in [7, 11) is 0. The predicted octanol–water partition coefficient (Wildman–Crippen LogP) is 5.30. The summed E-state index contributed by atoms with van der Waals surface area (Å²) in [5.74, 6) is 0. The predicted molar refractivity (Wildman–Crippen MR) is 99.2 cm³/mol. The average molecular weight is 381 g/mol. The van der Waals surface area contributed by atoms with Crippen molar-refractivity contribution in [2.45, 2.75) is 29.7 Å². The lowest BCUT2D eigenvalue weighted by molar-refractivity contribution is 0.739. The molecule has 0 fully saturated rings. The summed E-state index contributed by atoms with van der Waals surface area (Å²) in [6.45, 7) is 4.12. The maximum atomic E-state index is 5.23. The molecular formula is C16H17BrN2S2. The summed E-state index contributed by atoms with van der Waals surface area (Å²) in [5, 5.41) is 6.99. The quantitative estimate of drug-likeness (QED) is 0.703. The number of benzene rings is 2. The lowest BCUT2D eigenvalue weighted by Gasteiger charge is -2.13. The molecule has 0 aromatic heterocycles. The van der Waals surface area contributed by atoms with Crippen LogP contribution in [-0.2, 0) is 0 Å². The fourth-order valence-electron chi connectivity index (χ4n) is 1.67. The van der Waals surface area contributed by atoms with Crippen molar-refractivity contribution in [2.24, 2.45) is 0 Å². The maximum absolute atomic E-state index is 5.23. The minimum Gasteiger partial charge on any atom is -0.360 e. The van der Waals surface area contributed by atoms with Gasteiger partial charge < -0.3 is 10.6 Å². The van der Waals surface area contributed by atoms with Crippen LogP contribution >= 0.6 is 39.9 Å². The minimum atomic E-state index is 0.331. The molecule has 5 heteroatoms. The molecule has 2 rings (SSSR count). The molecule has 110 valence electrons. The van der Waals surface area contributed by atoms with E-state index in [4.69, 9.17) is 12.2 Å². The molecule has 2 aromatic rings. The first kappa shape index (κ1) is 16.3. The Hall–Kier alpha value is -1.04. The molecule has 2 nitrogen and oxygen atoms in total. The third kappa shape index (κ3) is 5.69. The van der Waals surface area contributed by atoms with Crippen molar-refractivity contribution < 1.29 is 0 Å². The van der Waals surface area contributed by atoms with E-state index in [-0.39, 0.29) is 0 Å². The van der Waals surface area contributed by atoms with Crippen LogP contribution in [0.25, 0.3) is 0 Å². The molecule has 0 bridgehead atoms. The van der Waals surface area contributed by atoms with Gasteiger partial charge >= 0.3 is 0 Å². The van der Waals surface area contributed by atoms with Crippen LogP contribution in [0, 0.1) is 0 Å². The molecule has 0 aliphatic rings. The molecule has 2 aromatic carbocycles. The maximum Gasteiger partial charge on any atom is 0.170 e. The first-order valence-electron chi connectivity index (χ1n) is 6.64. The Morgan fingerprint density at radius 3 is 2.05 bits per heavy atom. The standard InChI is InChI=1S/C16H17BrN2S2/c1-11(2)18-16(20)19-13-5-9-15(10-6-13)21-14-7-3-12(17)4-8-14/h3-11H,1-2H3,(H2,18,19,20). The third-order valence-corrected chi connectivity index (χ3v) is 4.35. The molecule has 0 unspecified atom stereocenters. The van der Waals surface area contributed by atoms with E-state index in [1.54, 1.807) is 11.8 Å². The van der Waals surface area contributed by atoms with Gasteiger partial charge in [-0.3, -0.25) is 0 Å². The highest BCUT2D eigenvalue weighted by atomic mass is 79.9. The van der Waals surface area contributed by atoms with E-state index < -0.39 is 0 Å². The number of anilines is 1. The van der Waals surface area contributed by atoms with E-state index in [1.807, 2.05) is 24.3 Å². The van der Waals surface area contributed by atoms with E-state index in [1.165, 1.54) is 9.79 Å². The molecule has 0 aliphatic carbocycles. The van der Waals surface area contributed by atoms with E-state index in [9.17, 15) is 0 Å². The monoisotopic (exact) mass is 380 g/mol. The summed E-state index contributed by atoms with van der Waals surface area (Å²) in [5.41, 5.74) is 0.994. The minimum absolute atomic E-state index is 0.331. The zero-order chi connectivity index (χ0) is 15.2. The second-order valence-electron chi connectivity index (χ2n) is 4.83. The van der Waals surface area contributed by atoms with Crippen molar-refractivity contribution in [2.75, 3.05) is 5.32 Å². The third-order valence-electron chi connectivity index (χ3n) is 2.58. The van der Waals surface area contributed by atoms with Crippen molar-refractivity contribution in [3.63, 3.8) is 0 Å². The summed E-state index contributed by atoms with van der Waals surface area (Å²) in [6, 6.07) is 16.9. The normalized spacial score (nSPS) is 10.5.